The number of allylic oxidation sites excluding steroid dienone is 8. The molecular weight excluding hydrogens is 693 g/mol. The van der Waals surface area contributed by atoms with E-state index in [1.54, 1.807) is 0 Å². The molecule has 3 heteroatoms. The molecule has 0 saturated heterocycles. The summed E-state index contributed by atoms with van der Waals surface area (Å²) in [5, 5.41) is 5.27. The summed E-state index contributed by atoms with van der Waals surface area (Å²) >= 11 is 3.75. The predicted molar refractivity (Wildman–Crippen MR) is 232 cm³/mol. The number of carbonyl (C=O) groups is 1. The van der Waals surface area contributed by atoms with E-state index >= 15 is 0 Å². The molecule has 6 aromatic carbocycles. The summed E-state index contributed by atoms with van der Waals surface area (Å²) in [7, 11) is 0. The molecule has 0 saturated carbocycles. The van der Waals surface area contributed by atoms with E-state index in [-0.39, 0.29) is 23.5 Å². The minimum atomic E-state index is -0.146. The van der Waals surface area contributed by atoms with Crippen molar-refractivity contribution in [1.82, 2.24) is 0 Å². The van der Waals surface area contributed by atoms with Gasteiger partial charge >= 0.3 is 0 Å². The molecule has 54 heavy (non-hydrogen) atoms. The summed E-state index contributed by atoms with van der Waals surface area (Å²) in [6.07, 6.45) is 16.9. The topological polar surface area (TPSA) is 17.1 Å². The maximum atomic E-state index is 14.6. The van der Waals surface area contributed by atoms with Crippen molar-refractivity contribution in [2.75, 3.05) is 0 Å². The van der Waals surface area contributed by atoms with Gasteiger partial charge in [-0.15, -0.1) is 22.7 Å². The van der Waals surface area contributed by atoms with Gasteiger partial charge in [0.05, 0.1) is 0 Å². The Labute approximate surface area is 322 Å². The normalized spacial score (nSPS) is 19.6. The first-order valence-electron chi connectivity index (χ1n) is 19.0. The van der Waals surface area contributed by atoms with Crippen LogP contribution in [0.5, 0.6) is 0 Å². The Hall–Kier alpha value is -5.61. The van der Waals surface area contributed by atoms with Crippen molar-refractivity contribution in [2.45, 2.75) is 19.3 Å². The fourth-order valence-electron chi connectivity index (χ4n) is 9.15. The van der Waals surface area contributed by atoms with Crippen molar-refractivity contribution in [3.8, 4) is 22.3 Å². The smallest absolute Gasteiger partial charge is 0.170 e. The van der Waals surface area contributed by atoms with Crippen LogP contribution in [0.1, 0.15) is 34.3 Å². The highest BCUT2D eigenvalue weighted by atomic mass is 32.1. The van der Waals surface area contributed by atoms with E-state index < -0.39 is 0 Å². The van der Waals surface area contributed by atoms with E-state index in [0.29, 0.717) is 0 Å². The highest BCUT2D eigenvalue weighted by Crippen LogP contribution is 2.44. The summed E-state index contributed by atoms with van der Waals surface area (Å²) in [4.78, 5) is 14.6. The van der Waals surface area contributed by atoms with E-state index in [2.05, 4.69) is 164 Å². The molecule has 3 aliphatic rings. The number of benzene rings is 6. The summed E-state index contributed by atoms with van der Waals surface area (Å²) in [6.45, 7) is 0. The lowest BCUT2D eigenvalue weighted by molar-refractivity contribution is 0.0923. The van der Waals surface area contributed by atoms with Gasteiger partial charge in [0.2, 0.25) is 0 Å². The fraction of sp³-hybridized carbons (Fsp3) is 0.118. The predicted octanol–water partition coefficient (Wildman–Crippen LogP) is 14.3. The van der Waals surface area contributed by atoms with Gasteiger partial charge in [-0.25, -0.2) is 0 Å². The number of carbonyl (C=O) groups excluding carboxylic acids is 1. The minimum absolute atomic E-state index is 0.146. The van der Waals surface area contributed by atoms with Crippen LogP contribution in [0, 0.1) is 17.8 Å². The monoisotopic (exact) mass is 728 g/mol. The number of hydrogen-bond donors (Lipinski definition) is 0. The largest absolute Gasteiger partial charge is 0.293 e. The van der Waals surface area contributed by atoms with E-state index in [1.807, 2.05) is 22.7 Å². The zero-order valence-corrected chi connectivity index (χ0v) is 31.3. The van der Waals surface area contributed by atoms with Crippen molar-refractivity contribution in [2.24, 2.45) is 17.8 Å². The highest BCUT2D eigenvalue weighted by Gasteiger charge is 2.33. The summed E-state index contributed by atoms with van der Waals surface area (Å²) in [5.74, 6) is 0.569. The number of hydrogen-bond acceptors (Lipinski definition) is 3. The van der Waals surface area contributed by atoms with E-state index in [4.69, 9.17) is 0 Å². The third-order valence-corrected chi connectivity index (χ3v) is 14.4. The van der Waals surface area contributed by atoms with Gasteiger partial charge in [-0.3, -0.25) is 4.79 Å². The van der Waals surface area contributed by atoms with Crippen LogP contribution in [-0.2, 0) is 6.42 Å². The lowest BCUT2D eigenvalue weighted by atomic mass is 9.76. The van der Waals surface area contributed by atoms with Crippen molar-refractivity contribution >= 4 is 74.4 Å². The molecule has 0 spiro atoms. The minimum Gasteiger partial charge on any atom is -0.293 e. The lowest BCUT2D eigenvalue weighted by Crippen LogP contribution is -2.23. The van der Waals surface area contributed by atoms with Crippen LogP contribution in [0.4, 0.5) is 0 Å². The number of ketones is 1. The average molecular weight is 729 g/mol. The van der Waals surface area contributed by atoms with Crippen LogP contribution in [0.2, 0.25) is 0 Å². The number of fused-ring (bicyclic) bond motifs is 8. The average Bonchev–Trinajstić information content (AvgIpc) is 3.77. The zero-order chi connectivity index (χ0) is 35.8. The molecule has 0 aliphatic heterocycles. The Kier molecular flexibility index (Phi) is 7.53. The first kappa shape index (κ1) is 31.9. The van der Waals surface area contributed by atoms with E-state index in [9.17, 15) is 4.79 Å². The van der Waals surface area contributed by atoms with Gasteiger partial charge in [-0.2, -0.15) is 0 Å². The fourth-order valence-corrected chi connectivity index (χ4v) is 11.6. The second-order valence-corrected chi connectivity index (χ2v) is 17.1. The molecule has 11 rings (SSSR count). The molecule has 2 heterocycles. The second kappa shape index (κ2) is 12.8. The number of rotatable bonds is 4. The third kappa shape index (κ3) is 5.21. The van der Waals surface area contributed by atoms with E-state index in [1.165, 1.54) is 73.7 Å². The molecule has 0 N–H and O–H groups in total. The Morgan fingerprint density at radius 2 is 1.22 bits per heavy atom. The van der Waals surface area contributed by atoms with Crippen LogP contribution < -0.4 is 0 Å². The Bertz CT molecular complexity index is 2960. The molecule has 8 aromatic rings. The maximum absolute atomic E-state index is 14.6. The molecule has 0 fully saturated rings. The van der Waals surface area contributed by atoms with Gasteiger partial charge in [-0.1, -0.05) is 140 Å². The van der Waals surface area contributed by atoms with Crippen LogP contribution >= 0.6 is 22.7 Å². The van der Waals surface area contributed by atoms with Gasteiger partial charge in [0, 0.05) is 57.7 Å². The van der Waals surface area contributed by atoms with Gasteiger partial charge in [0.15, 0.2) is 5.78 Å². The Morgan fingerprint density at radius 3 is 2.02 bits per heavy atom. The second-order valence-electron chi connectivity index (χ2n) is 15.0. The highest BCUT2D eigenvalue weighted by molar-refractivity contribution is 7.26. The molecule has 3 unspecified atom stereocenters. The summed E-state index contributed by atoms with van der Waals surface area (Å²) in [6, 6.07) is 46.2. The maximum Gasteiger partial charge on any atom is 0.170 e. The van der Waals surface area contributed by atoms with Crippen molar-refractivity contribution < 1.29 is 4.79 Å². The number of thiophene rings is 2. The Morgan fingerprint density at radius 1 is 0.556 bits per heavy atom. The quantitative estimate of drug-likeness (QED) is 0.176. The molecule has 0 bridgehead atoms. The standard InChI is InChI=1S/C51H36OS2/c52-49-45-29-35(33-9-5-11-37(27-33)39-15-7-17-43-41-13-1-3-19-47(41)53-50(39)43)25-23-31(45)21-22-32-24-26-36(30-46(32)49)34-10-6-12-38(28-34)40-16-8-18-44-42-14-2-4-20-48(42)54-51(40)44/h1-9,11-20,23-30,32,34,46H,10,21-22H2. The van der Waals surface area contributed by atoms with Gasteiger partial charge in [0.25, 0.3) is 0 Å². The van der Waals surface area contributed by atoms with Gasteiger partial charge in [-0.05, 0) is 94.0 Å². The lowest BCUT2D eigenvalue weighted by Gasteiger charge is -2.27. The van der Waals surface area contributed by atoms with Crippen LogP contribution in [0.3, 0.4) is 0 Å². The molecule has 2 aromatic heterocycles. The van der Waals surface area contributed by atoms with Gasteiger partial charge < -0.3 is 0 Å². The van der Waals surface area contributed by atoms with Crippen molar-refractivity contribution in [3.63, 3.8) is 0 Å². The Balaban J connectivity index is 0.918. The number of aryl methyl sites for hydroxylation is 1. The summed E-state index contributed by atoms with van der Waals surface area (Å²) < 4.78 is 5.31. The van der Waals surface area contributed by atoms with Crippen LogP contribution in [0.25, 0.3) is 68.2 Å². The van der Waals surface area contributed by atoms with Crippen molar-refractivity contribution in [3.05, 3.63) is 186 Å². The summed E-state index contributed by atoms with van der Waals surface area (Å²) in [5.41, 5.74) is 10.6. The van der Waals surface area contributed by atoms with E-state index in [0.717, 1.165) is 36.0 Å². The molecular formula is C51H36OS2. The van der Waals surface area contributed by atoms with Crippen LogP contribution in [-0.4, -0.2) is 5.78 Å². The molecule has 0 radical (unpaired) electrons. The molecule has 1 nitrogen and oxygen atoms in total. The third-order valence-electron chi connectivity index (χ3n) is 11.9. The molecule has 3 aliphatic carbocycles. The zero-order valence-electron chi connectivity index (χ0n) is 29.7. The molecule has 0 amide bonds. The first-order valence-corrected chi connectivity index (χ1v) is 20.7. The molecule has 258 valence electrons. The van der Waals surface area contributed by atoms with Crippen molar-refractivity contribution in [1.29, 1.82) is 0 Å². The molecule has 3 atom stereocenters. The van der Waals surface area contributed by atoms with Gasteiger partial charge in [0.1, 0.15) is 0 Å². The van der Waals surface area contributed by atoms with Crippen LogP contribution in [0.15, 0.2) is 169 Å². The SMILES string of the molecule is O=C1c2cc(-c3cccc(-c4cccc5c4sc4ccccc45)c3)ccc2CCC2C=CC(C3C=C(c4cccc5c4sc4ccccc45)C=CC3)=CC12. The first-order chi connectivity index (χ1) is 26.7. The number of Topliss-reactive ketones (excluding diaryl/α,β-unsaturated/α-hetero) is 1.